The van der Waals surface area contributed by atoms with Crippen molar-refractivity contribution < 1.29 is 13.9 Å². The van der Waals surface area contributed by atoms with Crippen LogP contribution in [0.1, 0.15) is 24.8 Å². The first-order valence-electron chi connectivity index (χ1n) is 11.5. The summed E-state index contributed by atoms with van der Waals surface area (Å²) in [5.41, 5.74) is 4.86. The van der Waals surface area contributed by atoms with Crippen molar-refractivity contribution in [1.82, 2.24) is 19.9 Å². The number of likely N-dealkylation sites (tertiary alicyclic amines) is 1. The molecule has 0 unspecified atom stereocenters. The predicted octanol–water partition coefficient (Wildman–Crippen LogP) is 5.20. The molecule has 0 aliphatic carbocycles. The first kappa shape index (κ1) is 21.9. The van der Waals surface area contributed by atoms with Crippen molar-refractivity contribution in [3.63, 3.8) is 0 Å². The molecule has 172 valence electrons. The van der Waals surface area contributed by atoms with E-state index in [1.165, 1.54) is 12.4 Å². The molecule has 1 amide bonds. The quantitative estimate of drug-likeness (QED) is 0.358. The monoisotopic (exact) mass is 456 g/mol. The number of fused-ring (bicyclic) bond motifs is 1. The van der Waals surface area contributed by atoms with Gasteiger partial charge in [0.15, 0.2) is 0 Å². The zero-order valence-corrected chi connectivity index (χ0v) is 19.0. The van der Waals surface area contributed by atoms with Crippen molar-refractivity contribution in [2.24, 2.45) is 0 Å². The molecule has 4 aromatic rings. The summed E-state index contributed by atoms with van der Waals surface area (Å²) < 4.78 is 19.8. The van der Waals surface area contributed by atoms with Gasteiger partial charge in [0, 0.05) is 36.8 Å². The van der Waals surface area contributed by atoms with Crippen LogP contribution in [0.5, 0.6) is 5.88 Å². The normalized spacial score (nSPS) is 13.6. The summed E-state index contributed by atoms with van der Waals surface area (Å²) >= 11 is 0. The number of hydrogen-bond donors (Lipinski definition) is 0. The lowest BCUT2D eigenvalue weighted by atomic mass is 9.97. The number of pyridine rings is 1. The third-order valence-corrected chi connectivity index (χ3v) is 6.13. The van der Waals surface area contributed by atoms with Crippen molar-refractivity contribution >= 4 is 16.8 Å². The smallest absolute Gasteiger partial charge is 0.224 e. The van der Waals surface area contributed by atoms with E-state index in [2.05, 4.69) is 15.0 Å². The van der Waals surface area contributed by atoms with Crippen molar-refractivity contribution in [3.05, 3.63) is 72.4 Å². The number of carbonyl (C=O) groups excluding carboxylic acids is 1. The van der Waals surface area contributed by atoms with Crippen molar-refractivity contribution in [3.8, 4) is 28.3 Å². The molecule has 3 heterocycles. The molecule has 2 aromatic carbocycles. The fourth-order valence-electron chi connectivity index (χ4n) is 4.34. The number of carbonyl (C=O) groups is 1. The Balaban J connectivity index is 1.42. The molecule has 1 aliphatic heterocycles. The van der Waals surface area contributed by atoms with Gasteiger partial charge in [-0.25, -0.2) is 14.4 Å². The summed E-state index contributed by atoms with van der Waals surface area (Å²) in [6.45, 7) is 3.74. The maximum Gasteiger partial charge on any atom is 0.224 e. The molecule has 0 radical (unpaired) electrons. The van der Waals surface area contributed by atoms with Gasteiger partial charge in [0.2, 0.25) is 11.8 Å². The van der Waals surface area contributed by atoms with Gasteiger partial charge in [0.25, 0.3) is 0 Å². The first-order valence-corrected chi connectivity index (χ1v) is 11.5. The van der Waals surface area contributed by atoms with E-state index in [4.69, 9.17) is 4.74 Å². The summed E-state index contributed by atoms with van der Waals surface area (Å²) in [5, 5.41) is 0.808. The summed E-state index contributed by atoms with van der Waals surface area (Å²) in [6.07, 6.45) is 5.56. The lowest BCUT2D eigenvalue weighted by molar-refractivity contribution is -0.127. The Bertz CT molecular complexity index is 1360. The van der Waals surface area contributed by atoms with E-state index < -0.39 is 0 Å². The molecule has 2 aromatic heterocycles. The molecule has 0 saturated carbocycles. The highest BCUT2D eigenvalue weighted by atomic mass is 19.1. The molecule has 0 bridgehead atoms. The number of halogens is 1. The molecule has 34 heavy (non-hydrogen) atoms. The van der Waals surface area contributed by atoms with Gasteiger partial charge in [-0.15, -0.1) is 0 Å². The molecule has 0 atom stereocenters. The van der Waals surface area contributed by atoms with Gasteiger partial charge < -0.3 is 9.64 Å². The van der Waals surface area contributed by atoms with Crippen molar-refractivity contribution in [1.29, 1.82) is 0 Å². The van der Waals surface area contributed by atoms with E-state index in [1.54, 1.807) is 19.2 Å². The van der Waals surface area contributed by atoms with Crippen molar-refractivity contribution in [2.75, 3.05) is 19.7 Å². The van der Waals surface area contributed by atoms with Crippen LogP contribution < -0.4 is 4.74 Å². The highest BCUT2D eigenvalue weighted by Crippen LogP contribution is 2.34. The van der Waals surface area contributed by atoms with Gasteiger partial charge in [0.1, 0.15) is 12.1 Å². The Kier molecular flexibility index (Phi) is 6.16. The number of amides is 1. The molecule has 0 N–H and O–H groups in total. The minimum absolute atomic E-state index is 0.223. The van der Waals surface area contributed by atoms with Gasteiger partial charge in [-0.05, 0) is 67.3 Å². The topological polar surface area (TPSA) is 68.2 Å². The van der Waals surface area contributed by atoms with Gasteiger partial charge in [-0.2, -0.15) is 0 Å². The first-order chi connectivity index (χ1) is 16.6. The second-order valence-electron chi connectivity index (χ2n) is 8.46. The minimum Gasteiger partial charge on any atom is -0.477 e. The largest absolute Gasteiger partial charge is 0.477 e. The Hall–Kier alpha value is -3.87. The molecule has 5 rings (SSSR count). The van der Waals surface area contributed by atoms with Crippen LogP contribution in [0.2, 0.25) is 0 Å². The third kappa shape index (κ3) is 4.46. The molecular weight excluding hydrogens is 431 g/mol. The maximum absolute atomic E-state index is 13.8. The number of aromatic nitrogens is 3. The number of benzene rings is 2. The van der Waals surface area contributed by atoms with Gasteiger partial charge in [-0.3, -0.25) is 9.78 Å². The van der Waals surface area contributed by atoms with Crippen molar-refractivity contribution in [2.45, 2.75) is 26.2 Å². The zero-order chi connectivity index (χ0) is 23.5. The Morgan fingerprint density at radius 1 is 1.06 bits per heavy atom. The Labute approximate surface area is 197 Å². The standard InChI is InChI=1S/C27H25FN4O2/c1-18-15-20(7-9-23(18)28)26-21(5-2-11-29-26)19-8-10-24-22(16-19)27(31-17-30-24)34-14-4-13-32-12-3-6-25(32)33/h2,5,7-11,15-17H,3-4,6,12-14H2,1H3. The lowest BCUT2D eigenvalue weighted by Gasteiger charge is -2.15. The van der Waals surface area contributed by atoms with Crippen LogP contribution in [-0.4, -0.2) is 45.5 Å². The highest BCUT2D eigenvalue weighted by Gasteiger charge is 2.19. The fourth-order valence-corrected chi connectivity index (χ4v) is 4.34. The summed E-state index contributed by atoms with van der Waals surface area (Å²) in [6, 6.07) is 14.9. The van der Waals surface area contributed by atoms with Crippen LogP contribution in [0.4, 0.5) is 4.39 Å². The van der Waals surface area contributed by atoms with Crippen LogP contribution in [0.15, 0.2) is 61.1 Å². The number of nitrogens with zero attached hydrogens (tertiary/aromatic N) is 4. The van der Waals surface area contributed by atoms with Crippen LogP contribution >= 0.6 is 0 Å². The average molecular weight is 457 g/mol. The molecule has 1 fully saturated rings. The molecule has 7 heteroatoms. The second kappa shape index (κ2) is 9.55. The fraction of sp³-hybridized carbons (Fsp3) is 0.259. The Morgan fingerprint density at radius 3 is 2.76 bits per heavy atom. The van der Waals surface area contributed by atoms with Crippen LogP contribution in [0.25, 0.3) is 33.3 Å². The van der Waals surface area contributed by atoms with Crippen LogP contribution in [0.3, 0.4) is 0 Å². The molecule has 6 nitrogen and oxygen atoms in total. The number of aryl methyl sites for hydroxylation is 1. The number of rotatable bonds is 7. The molecule has 1 saturated heterocycles. The summed E-state index contributed by atoms with van der Waals surface area (Å²) in [5.74, 6) is 0.503. The average Bonchev–Trinajstić information content (AvgIpc) is 3.28. The Morgan fingerprint density at radius 2 is 1.94 bits per heavy atom. The van der Waals surface area contributed by atoms with E-state index in [9.17, 15) is 9.18 Å². The van der Waals surface area contributed by atoms with E-state index >= 15 is 0 Å². The molecule has 1 aliphatic rings. The maximum atomic E-state index is 13.8. The predicted molar refractivity (Wildman–Crippen MR) is 129 cm³/mol. The van der Waals surface area contributed by atoms with E-state index in [0.29, 0.717) is 31.0 Å². The third-order valence-electron chi connectivity index (χ3n) is 6.13. The number of ether oxygens (including phenoxy) is 1. The zero-order valence-electron chi connectivity index (χ0n) is 19.0. The second-order valence-corrected chi connectivity index (χ2v) is 8.46. The van der Waals surface area contributed by atoms with Crippen LogP contribution in [0, 0.1) is 12.7 Å². The lowest BCUT2D eigenvalue weighted by Crippen LogP contribution is -2.26. The molecule has 0 spiro atoms. The van der Waals surface area contributed by atoms with Gasteiger partial charge in [-0.1, -0.05) is 12.1 Å². The van der Waals surface area contributed by atoms with E-state index in [0.717, 1.165) is 52.7 Å². The van der Waals surface area contributed by atoms with Crippen LogP contribution in [-0.2, 0) is 4.79 Å². The minimum atomic E-state index is -0.236. The van der Waals surface area contributed by atoms with Gasteiger partial charge in [0.05, 0.1) is 23.2 Å². The summed E-state index contributed by atoms with van der Waals surface area (Å²) in [4.78, 5) is 27.0. The number of hydrogen-bond acceptors (Lipinski definition) is 5. The summed E-state index contributed by atoms with van der Waals surface area (Å²) in [7, 11) is 0. The SMILES string of the molecule is Cc1cc(-c2ncccc2-c2ccc3ncnc(OCCCN4CCCC4=O)c3c2)ccc1F. The highest BCUT2D eigenvalue weighted by molar-refractivity contribution is 5.91. The molecular formula is C27H25FN4O2. The van der Waals surface area contributed by atoms with E-state index in [-0.39, 0.29) is 11.7 Å². The van der Waals surface area contributed by atoms with E-state index in [1.807, 2.05) is 41.3 Å². The van der Waals surface area contributed by atoms with Gasteiger partial charge >= 0.3 is 0 Å².